The Labute approximate surface area is 168 Å². The molecule has 8 nitrogen and oxygen atoms in total. The van der Waals surface area contributed by atoms with Gasteiger partial charge in [-0.25, -0.2) is 18.5 Å². The molecular weight excluding hydrogens is 394 g/mol. The van der Waals surface area contributed by atoms with E-state index in [2.05, 4.69) is 10.3 Å². The van der Waals surface area contributed by atoms with Crippen LogP contribution in [0.25, 0.3) is 0 Å². The SMILES string of the molecule is COc1cccc(Oc2ncccc2C(=O)NCc2ccc(S(N)(=O)=O)cc2)c1. The van der Waals surface area contributed by atoms with E-state index in [1.54, 1.807) is 55.6 Å². The van der Waals surface area contributed by atoms with Crippen LogP contribution in [0.1, 0.15) is 15.9 Å². The zero-order chi connectivity index (χ0) is 20.9. The lowest BCUT2D eigenvalue weighted by Gasteiger charge is -2.11. The number of sulfonamides is 1. The Morgan fingerprint density at radius 2 is 1.79 bits per heavy atom. The van der Waals surface area contributed by atoms with Crippen LogP contribution in [0, 0.1) is 0 Å². The molecule has 150 valence electrons. The van der Waals surface area contributed by atoms with Crippen molar-refractivity contribution in [1.82, 2.24) is 10.3 Å². The summed E-state index contributed by atoms with van der Waals surface area (Å²) in [6.45, 7) is 0.192. The van der Waals surface area contributed by atoms with Gasteiger partial charge >= 0.3 is 0 Å². The predicted octanol–water partition coefficient (Wildman–Crippen LogP) is 2.46. The van der Waals surface area contributed by atoms with E-state index in [4.69, 9.17) is 14.6 Å². The Bertz CT molecular complexity index is 1110. The van der Waals surface area contributed by atoms with Crippen LogP contribution in [0.15, 0.2) is 71.8 Å². The van der Waals surface area contributed by atoms with Crippen molar-refractivity contribution in [1.29, 1.82) is 0 Å². The van der Waals surface area contributed by atoms with Gasteiger partial charge in [0.05, 0.1) is 12.0 Å². The number of amides is 1. The first-order chi connectivity index (χ1) is 13.9. The molecule has 0 atom stereocenters. The Hall–Kier alpha value is -3.43. The highest BCUT2D eigenvalue weighted by Crippen LogP contribution is 2.26. The molecular formula is C20H19N3O5S. The van der Waals surface area contributed by atoms with E-state index in [1.165, 1.54) is 18.3 Å². The largest absolute Gasteiger partial charge is 0.497 e. The molecule has 0 bridgehead atoms. The second-order valence-corrected chi connectivity index (χ2v) is 7.57. The number of rotatable bonds is 7. The van der Waals surface area contributed by atoms with E-state index in [-0.39, 0.29) is 28.8 Å². The Balaban J connectivity index is 1.71. The molecule has 0 saturated carbocycles. The van der Waals surface area contributed by atoms with Gasteiger partial charge in [-0.05, 0) is 42.0 Å². The van der Waals surface area contributed by atoms with E-state index in [9.17, 15) is 13.2 Å². The number of carbonyl (C=O) groups excluding carboxylic acids is 1. The first-order valence-corrected chi connectivity index (χ1v) is 10.1. The fourth-order valence-electron chi connectivity index (χ4n) is 2.50. The van der Waals surface area contributed by atoms with Crippen molar-refractivity contribution in [3.8, 4) is 17.4 Å². The molecule has 3 rings (SSSR count). The van der Waals surface area contributed by atoms with Crippen molar-refractivity contribution in [2.45, 2.75) is 11.4 Å². The molecule has 0 saturated heterocycles. The highest BCUT2D eigenvalue weighted by atomic mass is 32.2. The zero-order valence-electron chi connectivity index (χ0n) is 15.5. The van der Waals surface area contributed by atoms with Crippen LogP contribution in [-0.2, 0) is 16.6 Å². The predicted molar refractivity (Wildman–Crippen MR) is 106 cm³/mol. The number of hydrogen-bond acceptors (Lipinski definition) is 6. The third kappa shape index (κ3) is 5.31. The van der Waals surface area contributed by atoms with Crippen molar-refractivity contribution < 1.29 is 22.7 Å². The maximum Gasteiger partial charge on any atom is 0.257 e. The Morgan fingerprint density at radius 1 is 1.07 bits per heavy atom. The van der Waals surface area contributed by atoms with Gasteiger partial charge in [0, 0.05) is 18.8 Å². The summed E-state index contributed by atoms with van der Waals surface area (Å²) in [6.07, 6.45) is 1.53. The monoisotopic (exact) mass is 413 g/mol. The van der Waals surface area contributed by atoms with Crippen LogP contribution in [0.4, 0.5) is 0 Å². The summed E-state index contributed by atoms with van der Waals surface area (Å²) in [4.78, 5) is 16.8. The van der Waals surface area contributed by atoms with Gasteiger partial charge in [-0.1, -0.05) is 18.2 Å². The quantitative estimate of drug-likeness (QED) is 0.614. The lowest BCUT2D eigenvalue weighted by Crippen LogP contribution is -2.23. The molecule has 0 fully saturated rings. The van der Waals surface area contributed by atoms with Crippen LogP contribution in [0.5, 0.6) is 17.4 Å². The summed E-state index contributed by atoms with van der Waals surface area (Å²) < 4.78 is 33.5. The van der Waals surface area contributed by atoms with Gasteiger partial charge in [-0.3, -0.25) is 4.79 Å². The van der Waals surface area contributed by atoms with E-state index < -0.39 is 10.0 Å². The topological polar surface area (TPSA) is 121 Å². The summed E-state index contributed by atoms with van der Waals surface area (Å²) in [5, 5.41) is 7.83. The van der Waals surface area contributed by atoms with E-state index >= 15 is 0 Å². The number of nitrogens with zero attached hydrogens (tertiary/aromatic N) is 1. The second-order valence-electron chi connectivity index (χ2n) is 6.01. The average Bonchev–Trinajstić information content (AvgIpc) is 2.72. The number of carbonyl (C=O) groups is 1. The minimum absolute atomic E-state index is 0.00816. The van der Waals surface area contributed by atoms with Gasteiger partial charge in [0.1, 0.15) is 17.1 Å². The van der Waals surface area contributed by atoms with Crippen molar-refractivity contribution in [3.63, 3.8) is 0 Å². The molecule has 1 amide bonds. The molecule has 1 aromatic heterocycles. The number of nitrogens with one attached hydrogen (secondary N) is 1. The van der Waals surface area contributed by atoms with Gasteiger partial charge in [0.2, 0.25) is 15.9 Å². The van der Waals surface area contributed by atoms with Crippen LogP contribution in [0.3, 0.4) is 0 Å². The summed E-state index contributed by atoms with van der Waals surface area (Å²) in [7, 11) is -2.21. The van der Waals surface area contributed by atoms with Gasteiger partial charge in [0.25, 0.3) is 5.91 Å². The second kappa shape index (κ2) is 8.72. The van der Waals surface area contributed by atoms with Gasteiger partial charge < -0.3 is 14.8 Å². The summed E-state index contributed by atoms with van der Waals surface area (Å²) in [5.74, 6) is 0.873. The molecule has 2 aromatic carbocycles. The fraction of sp³-hybridized carbons (Fsp3) is 0.100. The Kier molecular flexibility index (Phi) is 6.10. The van der Waals surface area contributed by atoms with Gasteiger partial charge in [-0.2, -0.15) is 0 Å². The van der Waals surface area contributed by atoms with Crippen molar-refractivity contribution in [2.75, 3.05) is 7.11 Å². The van der Waals surface area contributed by atoms with Crippen molar-refractivity contribution in [3.05, 3.63) is 78.0 Å². The molecule has 3 aromatic rings. The molecule has 0 unspecified atom stereocenters. The van der Waals surface area contributed by atoms with Crippen LogP contribution >= 0.6 is 0 Å². The normalized spacial score (nSPS) is 11.0. The number of aromatic nitrogens is 1. The fourth-order valence-corrected chi connectivity index (χ4v) is 3.01. The lowest BCUT2D eigenvalue weighted by molar-refractivity contribution is 0.0948. The number of nitrogens with two attached hydrogens (primary N) is 1. The van der Waals surface area contributed by atoms with Crippen molar-refractivity contribution in [2.24, 2.45) is 5.14 Å². The third-order valence-corrected chi connectivity index (χ3v) is 4.91. The van der Waals surface area contributed by atoms with Gasteiger partial charge in [0.15, 0.2) is 0 Å². The zero-order valence-corrected chi connectivity index (χ0v) is 16.3. The summed E-state index contributed by atoms with van der Waals surface area (Å²) >= 11 is 0. The van der Waals surface area contributed by atoms with Crippen LogP contribution in [0.2, 0.25) is 0 Å². The maximum absolute atomic E-state index is 12.6. The van der Waals surface area contributed by atoms with E-state index in [1.807, 2.05) is 0 Å². The molecule has 0 aliphatic heterocycles. The standard InChI is InChI=1S/C20H19N3O5S/c1-27-15-4-2-5-16(12-15)28-20-18(6-3-11-22-20)19(24)23-13-14-7-9-17(10-8-14)29(21,25)26/h2-12H,13H2,1H3,(H,23,24)(H2,21,25,26). The molecule has 29 heavy (non-hydrogen) atoms. The molecule has 9 heteroatoms. The highest BCUT2D eigenvalue weighted by molar-refractivity contribution is 7.89. The molecule has 0 spiro atoms. The smallest absolute Gasteiger partial charge is 0.257 e. The lowest BCUT2D eigenvalue weighted by atomic mass is 10.2. The minimum Gasteiger partial charge on any atom is -0.497 e. The minimum atomic E-state index is -3.76. The van der Waals surface area contributed by atoms with Gasteiger partial charge in [-0.15, -0.1) is 0 Å². The third-order valence-electron chi connectivity index (χ3n) is 3.98. The highest BCUT2D eigenvalue weighted by Gasteiger charge is 2.15. The Morgan fingerprint density at radius 3 is 2.48 bits per heavy atom. The number of ether oxygens (including phenoxy) is 2. The molecule has 0 aliphatic carbocycles. The molecule has 1 heterocycles. The number of methoxy groups -OCH3 is 1. The molecule has 0 aliphatic rings. The number of primary sulfonamides is 1. The first-order valence-electron chi connectivity index (χ1n) is 8.53. The number of benzene rings is 2. The number of pyridine rings is 1. The van der Waals surface area contributed by atoms with Crippen LogP contribution in [-0.4, -0.2) is 26.4 Å². The van der Waals surface area contributed by atoms with Crippen LogP contribution < -0.4 is 19.9 Å². The summed E-state index contributed by atoms with van der Waals surface area (Å²) in [6, 6.07) is 16.1. The molecule has 3 N–H and O–H groups in total. The maximum atomic E-state index is 12.6. The first kappa shape index (κ1) is 20.3. The van der Waals surface area contributed by atoms with Crippen molar-refractivity contribution >= 4 is 15.9 Å². The molecule has 0 radical (unpaired) electrons. The van der Waals surface area contributed by atoms with E-state index in [0.717, 1.165) is 0 Å². The summed E-state index contributed by atoms with van der Waals surface area (Å²) in [5.41, 5.74) is 0.974. The van der Waals surface area contributed by atoms with E-state index in [0.29, 0.717) is 17.1 Å². The average molecular weight is 413 g/mol. The number of hydrogen-bond donors (Lipinski definition) is 2.